The summed E-state index contributed by atoms with van der Waals surface area (Å²) in [5, 5.41) is 3.45. The Bertz CT molecular complexity index is 367. The molecule has 15 heavy (non-hydrogen) atoms. The predicted molar refractivity (Wildman–Crippen MR) is 63.8 cm³/mol. The van der Waals surface area contributed by atoms with Crippen molar-refractivity contribution in [2.24, 2.45) is 5.92 Å². The van der Waals surface area contributed by atoms with Gasteiger partial charge in [0.2, 0.25) is 0 Å². The van der Waals surface area contributed by atoms with E-state index in [1.807, 2.05) is 19.1 Å². The van der Waals surface area contributed by atoms with Gasteiger partial charge in [-0.3, -0.25) is 0 Å². The van der Waals surface area contributed by atoms with Crippen LogP contribution in [0, 0.1) is 12.8 Å². The number of rotatable bonds is 3. The Balaban J connectivity index is 2.19. The lowest BCUT2D eigenvalue weighted by atomic mass is 9.99. The number of aromatic nitrogens is 1. The summed E-state index contributed by atoms with van der Waals surface area (Å²) in [5.74, 6) is 1.59. The molecule has 0 radical (unpaired) electrons. The highest BCUT2D eigenvalue weighted by Crippen LogP contribution is 2.41. The first-order valence-electron chi connectivity index (χ1n) is 5.50. The molecule has 3 heteroatoms. The molecule has 82 valence electrons. The first kappa shape index (κ1) is 10.3. The molecule has 0 aromatic carbocycles. The highest BCUT2D eigenvalue weighted by Gasteiger charge is 2.38. The summed E-state index contributed by atoms with van der Waals surface area (Å²) in [6.07, 6.45) is 2.62. The minimum absolute atomic E-state index is 0.106. The Morgan fingerprint density at radius 2 is 2.07 bits per heavy atom. The molecule has 0 aliphatic heterocycles. The third-order valence-electron chi connectivity index (χ3n) is 3.10. The van der Waals surface area contributed by atoms with Crippen LogP contribution in [0.4, 0.5) is 11.5 Å². The van der Waals surface area contributed by atoms with E-state index in [-0.39, 0.29) is 5.54 Å². The third-order valence-corrected chi connectivity index (χ3v) is 3.10. The maximum atomic E-state index is 5.89. The van der Waals surface area contributed by atoms with Gasteiger partial charge in [0.05, 0.1) is 5.69 Å². The van der Waals surface area contributed by atoms with Crippen LogP contribution >= 0.6 is 0 Å². The summed E-state index contributed by atoms with van der Waals surface area (Å²) in [5.41, 5.74) is 7.73. The maximum absolute atomic E-state index is 5.89. The Kier molecular flexibility index (Phi) is 2.33. The second kappa shape index (κ2) is 3.40. The number of nitrogens with zero attached hydrogens (tertiary/aromatic N) is 1. The van der Waals surface area contributed by atoms with E-state index in [9.17, 15) is 0 Å². The van der Waals surface area contributed by atoms with Crippen molar-refractivity contribution in [3.05, 3.63) is 17.8 Å². The molecule has 0 amide bonds. The molecule has 1 fully saturated rings. The largest absolute Gasteiger partial charge is 0.396 e. The summed E-state index contributed by atoms with van der Waals surface area (Å²) in [4.78, 5) is 4.43. The topological polar surface area (TPSA) is 50.9 Å². The SMILES string of the molecule is Cc1ccc(N)c(NC(C)(C)C2CC2)n1. The van der Waals surface area contributed by atoms with Crippen molar-refractivity contribution in [2.45, 2.75) is 39.2 Å². The fourth-order valence-electron chi connectivity index (χ4n) is 1.88. The molecule has 2 rings (SSSR count). The molecule has 0 unspecified atom stereocenters. The summed E-state index contributed by atoms with van der Waals surface area (Å²) < 4.78 is 0. The molecular formula is C12H19N3. The van der Waals surface area contributed by atoms with Gasteiger partial charge in [0.15, 0.2) is 0 Å². The summed E-state index contributed by atoms with van der Waals surface area (Å²) in [7, 11) is 0. The standard InChI is InChI=1S/C12H19N3/c1-8-4-7-10(13)11(14-8)15-12(2,3)9-5-6-9/h4,7,9H,5-6,13H2,1-3H3,(H,14,15). The fourth-order valence-corrected chi connectivity index (χ4v) is 1.88. The van der Waals surface area contributed by atoms with E-state index >= 15 is 0 Å². The minimum atomic E-state index is 0.106. The predicted octanol–water partition coefficient (Wildman–Crippen LogP) is 2.57. The second-order valence-electron chi connectivity index (χ2n) is 5.01. The molecule has 0 spiro atoms. The van der Waals surface area contributed by atoms with Gasteiger partial charge >= 0.3 is 0 Å². The van der Waals surface area contributed by atoms with Crippen molar-refractivity contribution in [1.29, 1.82) is 0 Å². The van der Waals surface area contributed by atoms with E-state index in [1.54, 1.807) is 0 Å². The Morgan fingerprint density at radius 3 is 2.67 bits per heavy atom. The number of nitrogens with one attached hydrogen (secondary N) is 1. The third kappa shape index (κ3) is 2.22. The number of nitrogens with two attached hydrogens (primary N) is 1. The van der Waals surface area contributed by atoms with Crippen molar-refractivity contribution >= 4 is 11.5 Å². The number of hydrogen-bond acceptors (Lipinski definition) is 3. The van der Waals surface area contributed by atoms with E-state index in [0.29, 0.717) is 0 Å². The zero-order valence-electron chi connectivity index (χ0n) is 9.67. The highest BCUT2D eigenvalue weighted by molar-refractivity contribution is 5.62. The van der Waals surface area contributed by atoms with Crippen LogP contribution in [-0.4, -0.2) is 10.5 Å². The van der Waals surface area contributed by atoms with Crippen LogP contribution in [0.2, 0.25) is 0 Å². The average Bonchev–Trinajstić information content (AvgIpc) is 2.93. The zero-order chi connectivity index (χ0) is 11.1. The van der Waals surface area contributed by atoms with Crippen LogP contribution in [0.1, 0.15) is 32.4 Å². The van der Waals surface area contributed by atoms with Crippen LogP contribution < -0.4 is 11.1 Å². The lowest BCUT2D eigenvalue weighted by molar-refractivity contribution is 0.493. The van der Waals surface area contributed by atoms with Gasteiger partial charge in [-0.2, -0.15) is 0 Å². The van der Waals surface area contributed by atoms with Crippen molar-refractivity contribution < 1.29 is 0 Å². The second-order valence-corrected chi connectivity index (χ2v) is 5.01. The molecule has 3 N–H and O–H groups in total. The van der Waals surface area contributed by atoms with E-state index in [0.717, 1.165) is 23.1 Å². The molecule has 1 aliphatic rings. The number of nitrogen functional groups attached to an aromatic ring is 1. The van der Waals surface area contributed by atoms with Crippen LogP contribution in [0.5, 0.6) is 0 Å². The minimum Gasteiger partial charge on any atom is -0.396 e. The lowest BCUT2D eigenvalue weighted by Crippen LogP contribution is -2.34. The molecule has 3 nitrogen and oxygen atoms in total. The van der Waals surface area contributed by atoms with Gasteiger partial charge in [0, 0.05) is 11.2 Å². The summed E-state index contributed by atoms with van der Waals surface area (Å²) >= 11 is 0. The fraction of sp³-hybridized carbons (Fsp3) is 0.583. The first-order valence-corrected chi connectivity index (χ1v) is 5.50. The maximum Gasteiger partial charge on any atom is 0.149 e. The molecule has 0 saturated heterocycles. The van der Waals surface area contributed by atoms with Crippen molar-refractivity contribution in [2.75, 3.05) is 11.1 Å². The molecule has 1 heterocycles. The zero-order valence-corrected chi connectivity index (χ0v) is 9.67. The molecule has 1 aliphatic carbocycles. The lowest BCUT2D eigenvalue weighted by Gasteiger charge is -2.27. The Labute approximate surface area is 91.1 Å². The molecular weight excluding hydrogens is 186 g/mol. The molecule has 0 bridgehead atoms. The van der Waals surface area contributed by atoms with E-state index < -0.39 is 0 Å². The molecule has 1 aromatic heterocycles. The van der Waals surface area contributed by atoms with E-state index in [2.05, 4.69) is 24.1 Å². The molecule has 0 atom stereocenters. The first-order chi connectivity index (χ1) is 6.99. The van der Waals surface area contributed by atoms with Crippen LogP contribution in [0.3, 0.4) is 0 Å². The van der Waals surface area contributed by atoms with Gasteiger partial charge in [-0.25, -0.2) is 4.98 Å². The van der Waals surface area contributed by atoms with Crippen LogP contribution in [0.25, 0.3) is 0 Å². The van der Waals surface area contributed by atoms with E-state index in [1.165, 1.54) is 12.8 Å². The molecule has 1 aromatic rings. The monoisotopic (exact) mass is 205 g/mol. The number of anilines is 2. The molecule has 1 saturated carbocycles. The highest BCUT2D eigenvalue weighted by atomic mass is 15.1. The van der Waals surface area contributed by atoms with Crippen LogP contribution in [0.15, 0.2) is 12.1 Å². The number of aryl methyl sites for hydroxylation is 1. The van der Waals surface area contributed by atoms with Crippen molar-refractivity contribution in [3.63, 3.8) is 0 Å². The normalized spacial score (nSPS) is 16.5. The number of pyridine rings is 1. The Hall–Kier alpha value is -1.25. The quantitative estimate of drug-likeness (QED) is 0.797. The van der Waals surface area contributed by atoms with Gasteiger partial charge in [0.25, 0.3) is 0 Å². The Morgan fingerprint density at radius 1 is 1.40 bits per heavy atom. The summed E-state index contributed by atoms with van der Waals surface area (Å²) in [6.45, 7) is 6.41. The number of hydrogen-bond donors (Lipinski definition) is 2. The van der Waals surface area contributed by atoms with Gasteiger partial charge in [-0.15, -0.1) is 0 Å². The van der Waals surface area contributed by atoms with Gasteiger partial charge in [-0.05, 0) is 51.7 Å². The van der Waals surface area contributed by atoms with Gasteiger partial charge < -0.3 is 11.1 Å². The van der Waals surface area contributed by atoms with Gasteiger partial charge in [-0.1, -0.05) is 0 Å². The van der Waals surface area contributed by atoms with Crippen LogP contribution in [-0.2, 0) is 0 Å². The van der Waals surface area contributed by atoms with Gasteiger partial charge in [0.1, 0.15) is 5.82 Å². The summed E-state index contributed by atoms with van der Waals surface area (Å²) in [6, 6.07) is 3.85. The smallest absolute Gasteiger partial charge is 0.149 e. The average molecular weight is 205 g/mol. The van der Waals surface area contributed by atoms with Crippen molar-refractivity contribution in [1.82, 2.24) is 4.98 Å². The van der Waals surface area contributed by atoms with E-state index in [4.69, 9.17) is 5.73 Å². The van der Waals surface area contributed by atoms with Crippen molar-refractivity contribution in [3.8, 4) is 0 Å².